The van der Waals surface area contributed by atoms with E-state index in [9.17, 15) is 22.8 Å². The maximum absolute atomic E-state index is 13.3. The summed E-state index contributed by atoms with van der Waals surface area (Å²) >= 11 is 12.3. The molecule has 0 radical (unpaired) electrons. The first-order valence-corrected chi connectivity index (χ1v) is 10.4. The van der Waals surface area contributed by atoms with Gasteiger partial charge in [0.25, 0.3) is 0 Å². The van der Waals surface area contributed by atoms with Crippen molar-refractivity contribution in [3.63, 3.8) is 0 Å². The number of benzene rings is 2. The van der Waals surface area contributed by atoms with Crippen LogP contribution < -0.4 is 15.4 Å². The second-order valence-corrected chi connectivity index (χ2v) is 8.23. The number of hydrogen-bond donors (Lipinski definition) is 3. The molecule has 2 aromatic carbocycles. The van der Waals surface area contributed by atoms with Crippen LogP contribution in [0, 0.1) is 5.92 Å². The van der Waals surface area contributed by atoms with Gasteiger partial charge in [0.05, 0.1) is 15.6 Å². The highest BCUT2D eigenvalue weighted by Gasteiger charge is 2.31. The van der Waals surface area contributed by atoms with Crippen LogP contribution in [0.15, 0.2) is 30.3 Å². The van der Waals surface area contributed by atoms with E-state index in [1.54, 1.807) is 6.07 Å². The number of carboxylic acid groups (broad SMARTS) is 1. The van der Waals surface area contributed by atoms with Crippen molar-refractivity contribution >= 4 is 46.5 Å². The molecule has 6 nitrogen and oxygen atoms in total. The highest BCUT2D eigenvalue weighted by molar-refractivity contribution is 6.37. The summed E-state index contributed by atoms with van der Waals surface area (Å²) in [5, 5.41) is 14.0. The van der Waals surface area contributed by atoms with Crippen LogP contribution in [0.25, 0.3) is 0 Å². The Morgan fingerprint density at radius 1 is 1.06 bits per heavy atom. The third kappa shape index (κ3) is 6.93. The lowest BCUT2D eigenvalue weighted by molar-refractivity contribution is -0.140. The molecule has 1 fully saturated rings. The Balaban J connectivity index is 1.74. The molecule has 1 aliphatic rings. The van der Waals surface area contributed by atoms with E-state index in [0.29, 0.717) is 18.2 Å². The zero-order valence-electron chi connectivity index (χ0n) is 16.6. The molecule has 0 saturated heterocycles. The first-order chi connectivity index (χ1) is 15.0. The van der Waals surface area contributed by atoms with Crippen molar-refractivity contribution in [1.82, 2.24) is 0 Å². The zero-order valence-corrected chi connectivity index (χ0v) is 18.1. The minimum atomic E-state index is -4.52. The van der Waals surface area contributed by atoms with Gasteiger partial charge in [-0.15, -0.1) is 0 Å². The molecule has 172 valence electrons. The van der Waals surface area contributed by atoms with Gasteiger partial charge in [-0.1, -0.05) is 23.2 Å². The zero-order chi connectivity index (χ0) is 23.5. The van der Waals surface area contributed by atoms with Crippen LogP contribution in [0.3, 0.4) is 0 Å². The number of hydrogen-bond acceptors (Lipinski definition) is 4. The normalized spacial score (nSPS) is 13.5. The summed E-state index contributed by atoms with van der Waals surface area (Å²) in [5.74, 6) is -1.56. The minimum Gasteiger partial charge on any atom is -0.486 e. The van der Waals surface area contributed by atoms with Crippen molar-refractivity contribution in [3.8, 4) is 5.75 Å². The molecule has 32 heavy (non-hydrogen) atoms. The first-order valence-electron chi connectivity index (χ1n) is 9.60. The van der Waals surface area contributed by atoms with Gasteiger partial charge in [-0.05, 0) is 54.7 Å². The van der Waals surface area contributed by atoms with Gasteiger partial charge in [0.2, 0.25) is 5.91 Å². The molecular weight excluding hydrogens is 472 g/mol. The molecule has 0 atom stereocenters. The number of alkyl halides is 3. The lowest BCUT2D eigenvalue weighted by Crippen LogP contribution is -2.15. The molecule has 0 spiro atoms. The predicted octanol–water partition coefficient (Wildman–Crippen LogP) is 5.83. The fraction of sp³-hybridized carbons (Fsp3) is 0.333. The molecular formula is C21H19Cl2F3N2O4. The summed E-state index contributed by atoms with van der Waals surface area (Å²) < 4.78 is 45.5. The smallest absolute Gasteiger partial charge is 0.416 e. The monoisotopic (exact) mass is 490 g/mol. The van der Waals surface area contributed by atoms with E-state index in [1.807, 2.05) is 0 Å². The van der Waals surface area contributed by atoms with E-state index in [-0.39, 0.29) is 33.7 Å². The van der Waals surface area contributed by atoms with E-state index in [4.69, 9.17) is 33.0 Å². The molecule has 3 N–H and O–H groups in total. The molecule has 0 aromatic heterocycles. The maximum Gasteiger partial charge on any atom is 0.416 e. The largest absolute Gasteiger partial charge is 0.486 e. The van der Waals surface area contributed by atoms with Crippen molar-refractivity contribution in [2.45, 2.75) is 32.0 Å². The first kappa shape index (κ1) is 24.0. The number of aliphatic carboxylic acids is 1. The Hall–Kier alpha value is -2.65. The van der Waals surface area contributed by atoms with Crippen molar-refractivity contribution in [1.29, 1.82) is 0 Å². The third-order valence-electron chi connectivity index (χ3n) is 4.59. The van der Waals surface area contributed by atoms with Crippen molar-refractivity contribution in [2.75, 3.05) is 17.2 Å². The second-order valence-electron chi connectivity index (χ2n) is 7.42. The van der Waals surface area contributed by atoms with Gasteiger partial charge in [0.15, 0.2) is 5.75 Å². The molecule has 11 heteroatoms. The highest BCUT2D eigenvalue weighted by Crippen LogP contribution is 2.38. The number of rotatable bonds is 9. The average Bonchev–Trinajstić information content (AvgIpc) is 3.48. The van der Waals surface area contributed by atoms with Gasteiger partial charge in [0.1, 0.15) is 13.0 Å². The van der Waals surface area contributed by atoms with Gasteiger partial charge in [0, 0.05) is 17.9 Å². The third-order valence-corrected chi connectivity index (χ3v) is 5.15. The van der Waals surface area contributed by atoms with Crippen molar-refractivity contribution < 1.29 is 32.6 Å². The standard InChI is InChI=1S/C21H19Cl2F3N2O4/c22-16-6-15(28-18(29)8-19(30)31)7-17(23)20(16)32-10-12-3-13(21(24,25)26)5-14(4-12)27-9-11-1-2-11/h3-7,11,27H,1-2,8-10H2,(H,28,29)(H,30,31). The van der Waals surface area contributed by atoms with Crippen molar-refractivity contribution in [3.05, 3.63) is 51.5 Å². The number of carbonyl (C=O) groups is 2. The fourth-order valence-corrected chi connectivity index (χ4v) is 3.49. The Morgan fingerprint density at radius 2 is 1.72 bits per heavy atom. The number of anilines is 2. The molecule has 0 aliphatic heterocycles. The fourth-order valence-electron chi connectivity index (χ4n) is 2.89. The number of ether oxygens (including phenoxy) is 1. The predicted molar refractivity (Wildman–Crippen MR) is 114 cm³/mol. The number of halogens is 5. The molecule has 3 rings (SSSR count). The van der Waals surface area contributed by atoms with E-state index < -0.39 is 30.0 Å². The quantitative estimate of drug-likeness (QED) is 0.385. The van der Waals surface area contributed by atoms with Crippen LogP contribution in [-0.2, 0) is 22.4 Å². The van der Waals surface area contributed by atoms with Crippen LogP contribution in [0.1, 0.15) is 30.4 Å². The molecule has 1 saturated carbocycles. The van der Waals surface area contributed by atoms with Crippen LogP contribution >= 0.6 is 23.2 Å². The molecule has 2 aromatic rings. The van der Waals surface area contributed by atoms with E-state index >= 15 is 0 Å². The Bertz CT molecular complexity index is 1000. The number of carboxylic acids is 1. The molecule has 0 bridgehead atoms. The van der Waals surface area contributed by atoms with Crippen molar-refractivity contribution in [2.24, 2.45) is 5.92 Å². The van der Waals surface area contributed by atoms with Crippen LogP contribution in [0.2, 0.25) is 10.0 Å². The molecule has 1 amide bonds. The average molecular weight is 491 g/mol. The van der Waals surface area contributed by atoms with E-state index in [2.05, 4.69) is 10.6 Å². The SMILES string of the molecule is O=C(O)CC(=O)Nc1cc(Cl)c(OCc2cc(NCC3CC3)cc(C(F)(F)F)c2)c(Cl)c1. The Morgan fingerprint density at radius 3 is 2.28 bits per heavy atom. The van der Waals surface area contributed by atoms with Crippen LogP contribution in [0.5, 0.6) is 5.75 Å². The maximum atomic E-state index is 13.3. The Labute approximate surface area is 191 Å². The summed E-state index contributed by atoms with van der Waals surface area (Å²) in [6.45, 7) is 0.376. The van der Waals surface area contributed by atoms with Crippen LogP contribution in [0.4, 0.5) is 24.5 Å². The summed E-state index contributed by atoms with van der Waals surface area (Å²) in [5.41, 5.74) is -0.0297. The van der Waals surface area contributed by atoms with Gasteiger partial charge >= 0.3 is 12.1 Å². The van der Waals surface area contributed by atoms with Gasteiger partial charge < -0.3 is 20.5 Å². The summed E-state index contributed by atoms with van der Waals surface area (Å²) in [4.78, 5) is 22.2. The van der Waals surface area contributed by atoms with E-state index in [1.165, 1.54) is 12.1 Å². The second kappa shape index (κ2) is 9.87. The van der Waals surface area contributed by atoms with Gasteiger partial charge in [-0.2, -0.15) is 13.2 Å². The van der Waals surface area contributed by atoms with Gasteiger partial charge in [-0.25, -0.2) is 0 Å². The van der Waals surface area contributed by atoms with E-state index in [0.717, 1.165) is 25.0 Å². The number of amides is 1. The summed E-state index contributed by atoms with van der Waals surface area (Å²) in [6.07, 6.45) is -3.13. The lowest BCUT2D eigenvalue weighted by Gasteiger charge is -2.16. The summed E-state index contributed by atoms with van der Waals surface area (Å²) in [6, 6.07) is 6.22. The number of nitrogens with one attached hydrogen (secondary N) is 2. The highest BCUT2D eigenvalue weighted by atomic mass is 35.5. The van der Waals surface area contributed by atoms with Crippen LogP contribution in [-0.4, -0.2) is 23.5 Å². The molecule has 0 heterocycles. The molecule has 0 unspecified atom stereocenters. The number of carbonyl (C=O) groups excluding carboxylic acids is 1. The minimum absolute atomic E-state index is 0.00202. The molecule has 1 aliphatic carbocycles. The topological polar surface area (TPSA) is 87.7 Å². The van der Waals surface area contributed by atoms with Gasteiger partial charge in [-0.3, -0.25) is 9.59 Å². The summed E-state index contributed by atoms with van der Waals surface area (Å²) in [7, 11) is 0. The Kier molecular flexibility index (Phi) is 7.40. The lowest BCUT2D eigenvalue weighted by atomic mass is 10.1.